The van der Waals surface area contributed by atoms with Crippen LogP contribution in [0.3, 0.4) is 0 Å². The Labute approximate surface area is 374 Å². The number of ether oxygens (including phenoxy) is 2. The quantitative estimate of drug-likeness (QED) is 0.115. The second-order valence-corrected chi connectivity index (χ2v) is 18.0. The lowest BCUT2D eigenvalue weighted by molar-refractivity contribution is 0.0988. The fourth-order valence-corrected chi connectivity index (χ4v) is 10.6. The zero-order chi connectivity index (χ0) is 44.5. The number of piperidine rings is 2. The van der Waals surface area contributed by atoms with Gasteiger partial charge in [0.1, 0.15) is 11.5 Å². The smallest absolute Gasteiger partial charge is 0.248 e. The molecular weight excluding hydrogens is 805 g/mol. The Morgan fingerprint density at radius 1 is 0.625 bits per heavy atom. The fraction of sp³-hybridized carbons (Fsp3) is 0.404. The van der Waals surface area contributed by atoms with Gasteiger partial charge in [-0.3, -0.25) is 14.4 Å². The van der Waals surface area contributed by atoms with Gasteiger partial charge >= 0.3 is 0 Å². The van der Waals surface area contributed by atoms with Crippen molar-refractivity contribution < 1.29 is 29.0 Å². The molecule has 334 valence electrons. The third-order valence-electron chi connectivity index (χ3n) is 14.3. The van der Waals surface area contributed by atoms with Crippen LogP contribution in [0.4, 0.5) is 0 Å². The number of aliphatic hydroxyl groups excluding tert-OH is 1. The van der Waals surface area contributed by atoms with Gasteiger partial charge in [-0.2, -0.15) is 0 Å². The van der Waals surface area contributed by atoms with Gasteiger partial charge in [0, 0.05) is 97.9 Å². The lowest BCUT2D eigenvalue weighted by atomic mass is 10.0. The number of Topliss-reactive ketones (excluding diaryl/α,β-unsaturated/α-hetero) is 1. The number of nitrogens with two attached hydrogens (primary N) is 2. The van der Waals surface area contributed by atoms with Gasteiger partial charge in [-0.25, -0.2) is 0 Å². The number of fused-ring (bicyclic) bond motifs is 4. The lowest BCUT2D eigenvalue weighted by Crippen LogP contribution is -2.35. The van der Waals surface area contributed by atoms with Crippen molar-refractivity contribution in [3.05, 3.63) is 130 Å². The summed E-state index contributed by atoms with van der Waals surface area (Å²) in [4.78, 5) is 40.3. The number of aryl methyl sites for hydroxylation is 2. The molecule has 1 unspecified atom stereocenters. The Morgan fingerprint density at radius 3 is 1.62 bits per heavy atom. The molecule has 2 aromatic heterocycles. The van der Waals surface area contributed by atoms with Crippen molar-refractivity contribution in [3.63, 3.8) is 0 Å². The molecule has 2 fully saturated rings. The van der Waals surface area contributed by atoms with E-state index in [0.29, 0.717) is 29.6 Å². The first-order valence-electron chi connectivity index (χ1n) is 22.9. The molecule has 4 aliphatic rings. The number of hydrogen-bond donors (Lipinski definition) is 3. The largest absolute Gasteiger partial charge is 0.496 e. The number of aliphatic hydroxyl groups is 1. The minimum atomic E-state index is -0.391. The van der Waals surface area contributed by atoms with Gasteiger partial charge < -0.3 is 45.0 Å². The number of aromatic nitrogens is 2. The summed E-state index contributed by atoms with van der Waals surface area (Å²) in [5, 5.41) is 12.5. The standard InChI is InChI=1S/C26H31N3O3.C26H29N3O3/c2*1-32-25-16-18-4-5-24(30)22(18)14-19(25)6-10-28-11-8-21(9-12-28)29-13-7-17-2-3-20(26(27)31)15-23(17)29/h2-3,7,13-16,21,24,30H,4-6,8-12H2,1H3,(H2,27,31);2-3,7,13-16,21H,4-6,8-12H2,1H3,(H2,27,31). The average Bonchev–Trinajstić information content (AvgIpc) is 4.12. The summed E-state index contributed by atoms with van der Waals surface area (Å²) in [5.74, 6) is 1.32. The van der Waals surface area contributed by atoms with E-state index in [1.165, 1.54) is 11.1 Å². The highest BCUT2D eigenvalue weighted by molar-refractivity contribution is 6.01. The number of carbonyl (C=O) groups is 3. The van der Waals surface area contributed by atoms with Gasteiger partial charge in [-0.05, 0) is 157 Å². The normalized spacial score (nSPS) is 18.2. The van der Waals surface area contributed by atoms with E-state index in [0.717, 1.165) is 153 Å². The third kappa shape index (κ3) is 8.91. The minimum absolute atomic E-state index is 0.253. The maximum absolute atomic E-state index is 12.1. The zero-order valence-corrected chi connectivity index (χ0v) is 37.1. The van der Waals surface area contributed by atoms with Gasteiger partial charge in [0.15, 0.2) is 5.78 Å². The van der Waals surface area contributed by atoms with Crippen molar-refractivity contribution in [2.45, 2.75) is 82.4 Å². The Hall–Kier alpha value is -5.95. The van der Waals surface area contributed by atoms with Crippen LogP contribution < -0.4 is 20.9 Å². The number of likely N-dealkylation sites (tertiary alicyclic amines) is 2. The lowest BCUT2D eigenvalue weighted by Gasteiger charge is -2.33. The van der Waals surface area contributed by atoms with Crippen molar-refractivity contribution in [2.75, 3.05) is 53.5 Å². The van der Waals surface area contributed by atoms with Crippen molar-refractivity contribution in [3.8, 4) is 11.5 Å². The van der Waals surface area contributed by atoms with E-state index in [1.54, 1.807) is 26.4 Å². The second kappa shape index (κ2) is 18.6. The van der Waals surface area contributed by atoms with Crippen LogP contribution in [0.15, 0.2) is 85.2 Å². The summed E-state index contributed by atoms with van der Waals surface area (Å²) < 4.78 is 15.9. The van der Waals surface area contributed by atoms with Crippen molar-refractivity contribution in [2.24, 2.45) is 11.5 Å². The highest BCUT2D eigenvalue weighted by Crippen LogP contribution is 2.37. The number of amides is 2. The predicted octanol–water partition coefficient (Wildman–Crippen LogP) is 7.37. The molecular formula is C52H60N6O6. The molecule has 2 aliphatic heterocycles. The first-order chi connectivity index (χ1) is 31.1. The Bertz CT molecular complexity index is 2700. The predicted molar refractivity (Wildman–Crippen MR) is 250 cm³/mol. The Morgan fingerprint density at radius 2 is 1.12 bits per heavy atom. The molecule has 2 amide bonds. The maximum Gasteiger partial charge on any atom is 0.248 e. The molecule has 10 rings (SSSR count). The van der Waals surface area contributed by atoms with Crippen molar-refractivity contribution >= 4 is 39.4 Å². The molecule has 12 nitrogen and oxygen atoms in total. The van der Waals surface area contributed by atoms with Crippen LogP contribution in [0.25, 0.3) is 21.8 Å². The highest BCUT2D eigenvalue weighted by atomic mass is 16.5. The number of benzene rings is 4. The van der Waals surface area contributed by atoms with Gasteiger partial charge in [0.05, 0.1) is 20.3 Å². The van der Waals surface area contributed by atoms with Crippen LogP contribution in [0, 0.1) is 0 Å². The molecule has 2 aliphatic carbocycles. The summed E-state index contributed by atoms with van der Waals surface area (Å²) >= 11 is 0. The molecule has 0 spiro atoms. The van der Waals surface area contributed by atoms with Gasteiger partial charge in [-0.1, -0.05) is 12.1 Å². The molecule has 0 saturated carbocycles. The summed E-state index contributed by atoms with van der Waals surface area (Å²) in [5.41, 5.74) is 20.8. The van der Waals surface area contributed by atoms with E-state index >= 15 is 0 Å². The average molecular weight is 865 g/mol. The fourth-order valence-electron chi connectivity index (χ4n) is 10.6. The van der Waals surface area contributed by atoms with E-state index in [1.807, 2.05) is 24.3 Å². The number of ketones is 1. The van der Waals surface area contributed by atoms with Gasteiger partial charge in [-0.15, -0.1) is 0 Å². The van der Waals surface area contributed by atoms with Crippen LogP contribution >= 0.6 is 0 Å². The molecule has 5 N–H and O–H groups in total. The molecule has 1 atom stereocenters. The number of methoxy groups -OCH3 is 2. The van der Waals surface area contributed by atoms with Gasteiger partial charge in [0.25, 0.3) is 0 Å². The summed E-state index contributed by atoms with van der Waals surface area (Å²) in [6, 6.07) is 24.8. The molecule has 4 aromatic carbocycles. The van der Waals surface area contributed by atoms with E-state index in [4.69, 9.17) is 20.9 Å². The van der Waals surface area contributed by atoms with Gasteiger partial charge in [0.2, 0.25) is 11.8 Å². The molecule has 4 heterocycles. The van der Waals surface area contributed by atoms with Crippen LogP contribution in [-0.2, 0) is 25.7 Å². The molecule has 2 saturated heterocycles. The molecule has 0 bridgehead atoms. The third-order valence-corrected chi connectivity index (χ3v) is 14.3. The minimum Gasteiger partial charge on any atom is -0.496 e. The number of carbonyl (C=O) groups excluding carboxylic acids is 3. The SMILES string of the molecule is COc1cc2c(cc1CCN1CCC(n3ccc4ccc(C(N)=O)cc43)CC1)C(=O)CC2.COc1cc2c(cc1CCN1CCC(n3ccc4ccc(C(N)=O)cc43)CC1)C(O)CC2. The topological polar surface area (TPSA) is 158 Å². The Kier molecular flexibility index (Phi) is 12.6. The molecule has 12 heteroatoms. The number of hydrogen-bond acceptors (Lipinski definition) is 8. The van der Waals surface area contributed by atoms with Crippen molar-refractivity contribution in [1.82, 2.24) is 18.9 Å². The molecule has 64 heavy (non-hydrogen) atoms. The first-order valence-corrected chi connectivity index (χ1v) is 22.9. The van der Waals surface area contributed by atoms with E-state index in [9.17, 15) is 19.5 Å². The molecule has 6 aromatic rings. The summed E-state index contributed by atoms with van der Waals surface area (Å²) in [6.07, 6.45) is 13.2. The second-order valence-electron chi connectivity index (χ2n) is 18.0. The monoisotopic (exact) mass is 864 g/mol. The zero-order valence-electron chi connectivity index (χ0n) is 37.1. The van der Waals surface area contributed by atoms with Crippen LogP contribution in [-0.4, -0.2) is 95.1 Å². The van der Waals surface area contributed by atoms with Crippen LogP contribution in [0.5, 0.6) is 11.5 Å². The number of nitrogens with zero attached hydrogens (tertiary/aromatic N) is 4. The van der Waals surface area contributed by atoms with E-state index < -0.39 is 5.91 Å². The molecule has 0 radical (unpaired) electrons. The van der Waals surface area contributed by atoms with Crippen LogP contribution in [0.1, 0.15) is 116 Å². The maximum atomic E-state index is 12.1. The first kappa shape index (κ1) is 43.3. The van der Waals surface area contributed by atoms with E-state index in [-0.39, 0.29) is 17.8 Å². The van der Waals surface area contributed by atoms with Crippen molar-refractivity contribution in [1.29, 1.82) is 0 Å². The summed E-state index contributed by atoms with van der Waals surface area (Å²) in [7, 11) is 3.44. The Balaban J connectivity index is 0.000000162. The summed E-state index contributed by atoms with van der Waals surface area (Å²) in [6.45, 7) is 6.05. The van der Waals surface area contributed by atoms with E-state index in [2.05, 4.69) is 67.7 Å². The number of primary amides is 2. The van der Waals surface area contributed by atoms with Crippen LogP contribution in [0.2, 0.25) is 0 Å². The highest BCUT2D eigenvalue weighted by Gasteiger charge is 2.27. The number of rotatable bonds is 12.